The van der Waals surface area contributed by atoms with Crippen molar-refractivity contribution in [2.75, 3.05) is 16.8 Å². The van der Waals surface area contributed by atoms with Crippen molar-refractivity contribution < 1.29 is 4.79 Å². The predicted molar refractivity (Wildman–Crippen MR) is 146 cm³/mol. The minimum atomic E-state index is -0.0610. The fourth-order valence-electron chi connectivity index (χ4n) is 4.38. The second-order valence-corrected chi connectivity index (χ2v) is 10.1. The summed E-state index contributed by atoms with van der Waals surface area (Å²) in [5, 5.41) is 0.657. The van der Waals surface area contributed by atoms with Crippen molar-refractivity contribution in [3.05, 3.63) is 101 Å². The van der Waals surface area contributed by atoms with Crippen LogP contribution in [0.5, 0.6) is 0 Å². The number of carbonyl (C=O) groups is 1. The molecule has 2 aliphatic heterocycles. The number of fused-ring (bicyclic) bond motifs is 1. The lowest BCUT2D eigenvalue weighted by Gasteiger charge is -2.40. The van der Waals surface area contributed by atoms with Crippen LogP contribution in [-0.2, 0) is 4.79 Å². The van der Waals surface area contributed by atoms with Crippen molar-refractivity contribution >= 4 is 51.5 Å². The average Bonchev–Trinajstić information content (AvgIpc) is 3.13. The van der Waals surface area contributed by atoms with Crippen LogP contribution in [0.3, 0.4) is 0 Å². The van der Waals surface area contributed by atoms with E-state index in [-0.39, 0.29) is 11.4 Å². The van der Waals surface area contributed by atoms with Crippen molar-refractivity contribution in [3.63, 3.8) is 0 Å². The molecule has 3 aromatic carbocycles. The van der Waals surface area contributed by atoms with Gasteiger partial charge in [0.1, 0.15) is 0 Å². The quantitative estimate of drug-likeness (QED) is 0.386. The fourth-order valence-corrected chi connectivity index (χ4v) is 5.39. The van der Waals surface area contributed by atoms with Crippen molar-refractivity contribution in [2.24, 2.45) is 4.99 Å². The smallest absolute Gasteiger partial charge is 0.271 e. The Morgan fingerprint density at radius 2 is 1.62 bits per heavy atom. The number of carbonyl (C=O) groups excluding carboxylic acids is 1. The summed E-state index contributed by atoms with van der Waals surface area (Å²) in [4.78, 5) is 23.0. The highest BCUT2D eigenvalue weighted by Gasteiger charge is 2.35. The van der Waals surface area contributed by atoms with Crippen LogP contribution in [0.25, 0.3) is 11.6 Å². The fraction of sp³-hybridized carbons (Fsp3) is 0.172. The largest absolute Gasteiger partial charge is 0.366 e. The van der Waals surface area contributed by atoms with Crippen LogP contribution in [0, 0.1) is 0 Å². The molecule has 34 heavy (non-hydrogen) atoms. The number of aliphatic imine (C=N–C) groups is 1. The molecule has 0 saturated carbocycles. The average molecular weight is 466 g/mol. The molecular formula is C29H27N3OS. The molecule has 0 radical (unpaired) electrons. The monoisotopic (exact) mass is 465 g/mol. The van der Waals surface area contributed by atoms with Crippen molar-refractivity contribution in [1.29, 1.82) is 0 Å². The molecule has 0 unspecified atom stereocenters. The van der Waals surface area contributed by atoms with Gasteiger partial charge < -0.3 is 4.90 Å². The second-order valence-electron chi connectivity index (χ2n) is 9.13. The van der Waals surface area contributed by atoms with E-state index < -0.39 is 0 Å². The summed E-state index contributed by atoms with van der Waals surface area (Å²) in [6, 6.07) is 25.9. The molecule has 1 amide bonds. The Kier molecular flexibility index (Phi) is 5.66. The maximum Gasteiger partial charge on any atom is 0.271 e. The number of thioether (sulfide) groups is 1. The molecule has 4 nitrogen and oxygen atoms in total. The number of hydrogen-bond acceptors (Lipinski definition) is 4. The number of nitrogens with zero attached hydrogens (tertiary/aromatic N) is 3. The van der Waals surface area contributed by atoms with Gasteiger partial charge in [-0.25, -0.2) is 4.99 Å². The van der Waals surface area contributed by atoms with Gasteiger partial charge in [-0.2, -0.15) is 0 Å². The Morgan fingerprint density at radius 3 is 2.32 bits per heavy atom. The molecule has 0 atom stereocenters. The highest BCUT2D eigenvalue weighted by atomic mass is 32.2. The van der Waals surface area contributed by atoms with Gasteiger partial charge in [-0.3, -0.25) is 9.69 Å². The van der Waals surface area contributed by atoms with Gasteiger partial charge >= 0.3 is 0 Å². The summed E-state index contributed by atoms with van der Waals surface area (Å²) in [5.74, 6) is -0.0610. The van der Waals surface area contributed by atoms with E-state index in [1.807, 2.05) is 66.7 Å². The molecule has 0 aliphatic carbocycles. The Bertz CT molecular complexity index is 1340. The number of likely N-dealkylation sites (N-methyl/N-ethyl adjacent to an activating group) is 1. The van der Waals surface area contributed by atoms with Gasteiger partial charge in [-0.15, -0.1) is 0 Å². The van der Waals surface area contributed by atoms with Crippen LogP contribution in [0.15, 0.2) is 94.8 Å². The second kappa shape index (κ2) is 8.65. The van der Waals surface area contributed by atoms with Crippen molar-refractivity contribution in [2.45, 2.75) is 26.3 Å². The molecule has 1 saturated heterocycles. The van der Waals surface area contributed by atoms with Crippen LogP contribution in [0.4, 0.5) is 17.1 Å². The number of hydrogen-bond donors (Lipinski definition) is 0. The Labute approximate surface area is 205 Å². The number of benzene rings is 3. The van der Waals surface area contributed by atoms with Gasteiger partial charge in [-0.1, -0.05) is 48.5 Å². The van der Waals surface area contributed by atoms with E-state index in [0.717, 1.165) is 16.9 Å². The third kappa shape index (κ3) is 4.08. The van der Waals surface area contributed by atoms with E-state index in [2.05, 4.69) is 57.0 Å². The Balaban J connectivity index is 1.55. The number of allylic oxidation sites excluding steroid dienone is 1. The minimum Gasteiger partial charge on any atom is -0.366 e. The lowest BCUT2D eigenvalue weighted by Crippen LogP contribution is -2.42. The number of anilines is 2. The van der Waals surface area contributed by atoms with Crippen LogP contribution in [0.2, 0.25) is 0 Å². The molecule has 2 aliphatic rings. The zero-order chi connectivity index (χ0) is 23.9. The van der Waals surface area contributed by atoms with Gasteiger partial charge in [0.2, 0.25) is 0 Å². The van der Waals surface area contributed by atoms with E-state index in [0.29, 0.717) is 10.1 Å². The van der Waals surface area contributed by atoms with Crippen LogP contribution < -0.4 is 9.80 Å². The van der Waals surface area contributed by atoms with E-state index in [1.54, 1.807) is 4.90 Å². The van der Waals surface area contributed by atoms with E-state index in [1.165, 1.54) is 28.6 Å². The zero-order valence-electron chi connectivity index (χ0n) is 19.8. The number of amidine groups is 1. The number of amides is 1. The van der Waals surface area contributed by atoms with Gasteiger partial charge in [0.05, 0.1) is 21.8 Å². The van der Waals surface area contributed by atoms with Crippen LogP contribution in [0.1, 0.15) is 31.9 Å². The molecule has 5 heteroatoms. The first-order valence-corrected chi connectivity index (χ1v) is 12.2. The van der Waals surface area contributed by atoms with Gasteiger partial charge in [-0.05, 0) is 86.1 Å². The summed E-state index contributed by atoms with van der Waals surface area (Å²) in [6.45, 7) is 6.59. The number of rotatable bonds is 3. The molecule has 0 spiro atoms. The highest BCUT2D eigenvalue weighted by molar-refractivity contribution is 8.19. The lowest BCUT2D eigenvalue weighted by atomic mass is 9.88. The standard InChI is InChI=1S/C29H27N3OS/c1-20-19-29(2,3)31(4)25-16-15-21(17-24(20)25)18-26-27(33)32(23-13-9-6-10-14-23)28(34-26)30-22-11-7-5-8-12-22/h5-19H,1-4H3/b26-18-,30-28?. The predicted octanol–water partition coefficient (Wildman–Crippen LogP) is 7.13. The van der Waals surface area contributed by atoms with Gasteiger partial charge in [0.25, 0.3) is 5.91 Å². The Hall–Kier alpha value is -3.57. The minimum absolute atomic E-state index is 0.0344. The molecule has 2 heterocycles. The van der Waals surface area contributed by atoms with Crippen LogP contribution >= 0.6 is 11.8 Å². The van der Waals surface area contributed by atoms with Crippen molar-refractivity contribution in [3.8, 4) is 0 Å². The molecule has 170 valence electrons. The zero-order valence-corrected chi connectivity index (χ0v) is 20.6. The van der Waals surface area contributed by atoms with Gasteiger partial charge in [0.15, 0.2) is 5.17 Å². The third-order valence-electron chi connectivity index (χ3n) is 6.34. The van der Waals surface area contributed by atoms with Crippen molar-refractivity contribution in [1.82, 2.24) is 0 Å². The first kappa shape index (κ1) is 22.2. The summed E-state index contributed by atoms with van der Waals surface area (Å²) >= 11 is 1.41. The summed E-state index contributed by atoms with van der Waals surface area (Å²) in [6.07, 6.45) is 4.27. The summed E-state index contributed by atoms with van der Waals surface area (Å²) in [7, 11) is 2.13. The topological polar surface area (TPSA) is 35.9 Å². The molecule has 3 aromatic rings. The molecule has 0 N–H and O–H groups in total. The van der Waals surface area contributed by atoms with Gasteiger partial charge in [0, 0.05) is 18.3 Å². The highest BCUT2D eigenvalue weighted by Crippen LogP contribution is 2.40. The number of para-hydroxylation sites is 2. The maximum atomic E-state index is 13.5. The summed E-state index contributed by atoms with van der Waals surface area (Å²) < 4.78 is 0. The third-order valence-corrected chi connectivity index (χ3v) is 7.31. The first-order valence-electron chi connectivity index (χ1n) is 11.3. The first-order chi connectivity index (χ1) is 16.3. The van der Waals surface area contributed by atoms with E-state index >= 15 is 0 Å². The van der Waals surface area contributed by atoms with Crippen LogP contribution in [-0.4, -0.2) is 23.7 Å². The summed E-state index contributed by atoms with van der Waals surface area (Å²) in [5.41, 5.74) is 6.25. The molecule has 0 bridgehead atoms. The normalized spacial score (nSPS) is 19.5. The molecular weight excluding hydrogens is 438 g/mol. The Morgan fingerprint density at radius 1 is 0.941 bits per heavy atom. The maximum absolute atomic E-state index is 13.5. The van der Waals surface area contributed by atoms with E-state index in [9.17, 15) is 4.79 Å². The molecule has 0 aromatic heterocycles. The van der Waals surface area contributed by atoms with E-state index in [4.69, 9.17) is 4.99 Å². The molecule has 1 fully saturated rings. The lowest BCUT2D eigenvalue weighted by molar-refractivity contribution is -0.113. The SMILES string of the molecule is CC1=CC(C)(C)N(C)c2ccc(/C=C3\SC(=Nc4ccccc4)N(c4ccccc4)C3=O)cc21. The molecule has 5 rings (SSSR count).